The predicted octanol–water partition coefficient (Wildman–Crippen LogP) is 3.81. The van der Waals surface area contributed by atoms with Crippen molar-refractivity contribution in [2.45, 2.75) is 6.92 Å². The molecule has 8 nitrogen and oxygen atoms in total. The fourth-order valence-corrected chi connectivity index (χ4v) is 3.46. The number of halogens is 1. The van der Waals surface area contributed by atoms with Crippen LogP contribution in [0.15, 0.2) is 53.6 Å². The molecule has 154 valence electrons. The molecule has 2 heterocycles. The Morgan fingerprint density at radius 3 is 2.57 bits per heavy atom. The molecule has 0 radical (unpaired) electrons. The van der Waals surface area contributed by atoms with Crippen LogP contribution < -0.4 is 15.6 Å². The van der Waals surface area contributed by atoms with E-state index in [2.05, 4.69) is 65.2 Å². The molecular formula is C21H22IN7O. The van der Waals surface area contributed by atoms with Crippen molar-refractivity contribution in [3.63, 3.8) is 0 Å². The minimum atomic E-state index is 0.378. The molecular weight excluding hydrogens is 493 g/mol. The first-order chi connectivity index (χ1) is 14.7. The molecule has 1 fully saturated rings. The summed E-state index contributed by atoms with van der Waals surface area (Å²) < 4.78 is 6.59. The minimum absolute atomic E-state index is 0.378. The first kappa shape index (κ1) is 20.5. The van der Waals surface area contributed by atoms with Gasteiger partial charge in [0.15, 0.2) is 0 Å². The molecule has 1 saturated heterocycles. The molecule has 0 saturated carbocycles. The summed E-state index contributed by atoms with van der Waals surface area (Å²) in [7, 11) is 0. The zero-order valence-electron chi connectivity index (χ0n) is 16.5. The number of anilines is 4. The highest BCUT2D eigenvalue weighted by molar-refractivity contribution is 14.1. The highest BCUT2D eigenvalue weighted by Gasteiger charge is 2.16. The third-order valence-electron chi connectivity index (χ3n) is 4.45. The highest BCUT2D eigenvalue weighted by atomic mass is 127. The van der Waals surface area contributed by atoms with Gasteiger partial charge in [0, 0.05) is 22.3 Å². The molecule has 2 N–H and O–H groups in total. The van der Waals surface area contributed by atoms with Gasteiger partial charge in [-0.25, -0.2) is 5.43 Å². The number of ether oxygens (including phenoxy) is 1. The number of morpholine rings is 1. The number of hydrazone groups is 1. The van der Waals surface area contributed by atoms with Crippen LogP contribution in [0.1, 0.15) is 11.1 Å². The molecule has 0 spiro atoms. The monoisotopic (exact) mass is 515 g/mol. The Morgan fingerprint density at radius 2 is 1.80 bits per heavy atom. The van der Waals surface area contributed by atoms with Crippen LogP contribution in [0.25, 0.3) is 0 Å². The van der Waals surface area contributed by atoms with Gasteiger partial charge in [-0.3, -0.25) is 0 Å². The Hall–Kier alpha value is -2.79. The molecule has 1 aliphatic heterocycles. The van der Waals surface area contributed by atoms with Gasteiger partial charge in [-0.2, -0.15) is 20.1 Å². The van der Waals surface area contributed by atoms with Gasteiger partial charge in [-0.05, 0) is 59.3 Å². The van der Waals surface area contributed by atoms with Gasteiger partial charge >= 0.3 is 0 Å². The Kier molecular flexibility index (Phi) is 6.70. The van der Waals surface area contributed by atoms with Crippen LogP contribution in [0.4, 0.5) is 23.5 Å². The second-order valence-electron chi connectivity index (χ2n) is 6.80. The van der Waals surface area contributed by atoms with Crippen LogP contribution in [-0.4, -0.2) is 47.5 Å². The number of nitrogens with one attached hydrogen (secondary N) is 2. The summed E-state index contributed by atoms with van der Waals surface area (Å²) in [5, 5.41) is 7.55. The SMILES string of the molecule is Cc1ccc(Nc2nc(NN=Cc3cccc(I)c3)nc(N3CCOCC3)n2)cc1. The van der Waals surface area contributed by atoms with Crippen molar-refractivity contribution >= 4 is 52.3 Å². The first-order valence-corrected chi connectivity index (χ1v) is 10.7. The smallest absolute Gasteiger partial charge is 0.250 e. The predicted molar refractivity (Wildman–Crippen MR) is 128 cm³/mol. The van der Waals surface area contributed by atoms with Crippen LogP contribution in [0.5, 0.6) is 0 Å². The number of rotatable bonds is 6. The van der Waals surface area contributed by atoms with Gasteiger partial charge in [0.2, 0.25) is 17.8 Å². The Labute approximate surface area is 188 Å². The van der Waals surface area contributed by atoms with Crippen molar-refractivity contribution in [3.05, 3.63) is 63.2 Å². The number of benzene rings is 2. The summed E-state index contributed by atoms with van der Waals surface area (Å²) in [5.74, 6) is 1.43. The van der Waals surface area contributed by atoms with E-state index in [0.717, 1.165) is 27.9 Å². The van der Waals surface area contributed by atoms with Crippen LogP contribution in [-0.2, 0) is 4.74 Å². The lowest BCUT2D eigenvalue weighted by atomic mass is 10.2. The van der Waals surface area contributed by atoms with E-state index in [9.17, 15) is 0 Å². The van der Waals surface area contributed by atoms with Gasteiger partial charge in [-0.1, -0.05) is 29.8 Å². The maximum atomic E-state index is 5.44. The summed E-state index contributed by atoms with van der Waals surface area (Å²) in [6.07, 6.45) is 1.74. The molecule has 0 atom stereocenters. The maximum absolute atomic E-state index is 5.44. The lowest BCUT2D eigenvalue weighted by molar-refractivity contribution is 0.122. The first-order valence-electron chi connectivity index (χ1n) is 9.63. The van der Waals surface area contributed by atoms with E-state index >= 15 is 0 Å². The maximum Gasteiger partial charge on any atom is 0.250 e. The quantitative estimate of drug-likeness (QED) is 0.293. The minimum Gasteiger partial charge on any atom is -0.378 e. The second-order valence-corrected chi connectivity index (χ2v) is 8.04. The Morgan fingerprint density at radius 1 is 1.03 bits per heavy atom. The van der Waals surface area contributed by atoms with E-state index < -0.39 is 0 Å². The van der Waals surface area contributed by atoms with Crippen molar-refractivity contribution in [3.8, 4) is 0 Å². The van der Waals surface area contributed by atoms with Crippen molar-refractivity contribution < 1.29 is 4.74 Å². The normalized spacial score (nSPS) is 14.1. The number of aryl methyl sites for hydroxylation is 1. The molecule has 1 aliphatic rings. The molecule has 3 aromatic rings. The largest absolute Gasteiger partial charge is 0.378 e. The molecule has 2 aromatic carbocycles. The fourth-order valence-electron chi connectivity index (χ4n) is 2.89. The number of hydrogen-bond acceptors (Lipinski definition) is 8. The number of nitrogens with zero attached hydrogens (tertiary/aromatic N) is 5. The van der Waals surface area contributed by atoms with E-state index in [4.69, 9.17) is 4.74 Å². The lowest BCUT2D eigenvalue weighted by Crippen LogP contribution is -2.37. The Bertz CT molecular complexity index is 1020. The van der Waals surface area contributed by atoms with Crippen molar-refractivity contribution in [2.75, 3.05) is 41.9 Å². The topological polar surface area (TPSA) is 87.6 Å². The van der Waals surface area contributed by atoms with Gasteiger partial charge in [0.25, 0.3) is 0 Å². The second kappa shape index (κ2) is 9.81. The molecule has 9 heteroatoms. The van der Waals surface area contributed by atoms with Crippen LogP contribution in [0.3, 0.4) is 0 Å². The Balaban J connectivity index is 1.56. The molecule has 0 unspecified atom stereocenters. The zero-order valence-corrected chi connectivity index (χ0v) is 18.7. The number of aromatic nitrogens is 3. The third kappa shape index (κ3) is 5.63. The summed E-state index contributed by atoms with van der Waals surface area (Å²) in [5.41, 5.74) is 6.03. The van der Waals surface area contributed by atoms with Crippen LogP contribution in [0, 0.1) is 10.5 Å². The zero-order chi connectivity index (χ0) is 20.8. The van der Waals surface area contributed by atoms with Crippen LogP contribution >= 0.6 is 22.6 Å². The lowest BCUT2D eigenvalue weighted by Gasteiger charge is -2.27. The highest BCUT2D eigenvalue weighted by Crippen LogP contribution is 2.19. The van der Waals surface area contributed by atoms with Crippen LogP contribution in [0.2, 0.25) is 0 Å². The summed E-state index contributed by atoms with van der Waals surface area (Å²) in [6, 6.07) is 16.1. The van der Waals surface area contributed by atoms with E-state index in [0.29, 0.717) is 31.1 Å². The van der Waals surface area contributed by atoms with Crippen molar-refractivity contribution in [1.82, 2.24) is 15.0 Å². The van der Waals surface area contributed by atoms with E-state index in [1.165, 1.54) is 5.56 Å². The summed E-state index contributed by atoms with van der Waals surface area (Å²) in [4.78, 5) is 15.7. The van der Waals surface area contributed by atoms with Crippen molar-refractivity contribution in [2.24, 2.45) is 5.10 Å². The average molecular weight is 515 g/mol. The number of hydrogen-bond donors (Lipinski definition) is 2. The standard InChI is InChI=1S/C21H22IN7O/c1-15-5-7-18(8-6-15)24-19-25-20(27-21(26-19)29-9-11-30-12-10-29)28-23-14-16-3-2-4-17(22)13-16/h2-8,13-14H,9-12H2,1H3,(H2,24,25,26,27,28). The molecule has 30 heavy (non-hydrogen) atoms. The van der Waals surface area contributed by atoms with Gasteiger partial charge in [-0.15, -0.1) is 0 Å². The molecule has 4 rings (SSSR count). The van der Waals surface area contributed by atoms with Crippen molar-refractivity contribution in [1.29, 1.82) is 0 Å². The fraction of sp³-hybridized carbons (Fsp3) is 0.238. The average Bonchev–Trinajstić information content (AvgIpc) is 2.76. The summed E-state index contributed by atoms with van der Waals surface area (Å²) >= 11 is 2.28. The molecule has 0 aliphatic carbocycles. The van der Waals surface area contributed by atoms with Gasteiger partial charge < -0.3 is 15.0 Å². The molecule has 0 amide bonds. The van der Waals surface area contributed by atoms with E-state index in [-0.39, 0.29) is 0 Å². The van der Waals surface area contributed by atoms with Gasteiger partial charge in [0.05, 0.1) is 19.4 Å². The van der Waals surface area contributed by atoms with Gasteiger partial charge in [0.1, 0.15) is 0 Å². The third-order valence-corrected chi connectivity index (χ3v) is 5.12. The van der Waals surface area contributed by atoms with E-state index in [1.54, 1.807) is 6.21 Å². The molecule has 1 aromatic heterocycles. The molecule has 0 bridgehead atoms. The van der Waals surface area contributed by atoms with E-state index in [1.807, 2.05) is 48.5 Å². The summed E-state index contributed by atoms with van der Waals surface area (Å²) in [6.45, 7) is 4.83.